The van der Waals surface area contributed by atoms with Gasteiger partial charge in [0.1, 0.15) is 17.1 Å². The number of hydrogen-bond acceptors (Lipinski definition) is 6. The molecule has 2 aromatic heterocycles. The number of piperidine rings is 1. The second-order valence-electron chi connectivity index (χ2n) is 11.2. The van der Waals surface area contributed by atoms with E-state index < -0.39 is 0 Å². The molecule has 0 radical (unpaired) electrons. The highest BCUT2D eigenvalue weighted by Crippen LogP contribution is 2.35. The van der Waals surface area contributed by atoms with Crippen LogP contribution < -0.4 is 20.5 Å². The average molecular weight is 541 g/mol. The van der Waals surface area contributed by atoms with Crippen molar-refractivity contribution in [3.05, 3.63) is 70.1 Å². The second kappa shape index (κ2) is 11.8. The summed E-state index contributed by atoms with van der Waals surface area (Å²) in [6, 6.07) is 17.6. The highest BCUT2D eigenvalue weighted by atomic mass is 16.5. The topological polar surface area (TPSA) is 88.1 Å². The van der Waals surface area contributed by atoms with Crippen molar-refractivity contribution < 1.29 is 4.74 Å². The van der Waals surface area contributed by atoms with E-state index in [1.807, 2.05) is 24.6 Å². The summed E-state index contributed by atoms with van der Waals surface area (Å²) in [5.74, 6) is 1.27. The Morgan fingerprint density at radius 3 is 2.55 bits per heavy atom. The van der Waals surface area contributed by atoms with E-state index >= 15 is 0 Å². The highest BCUT2D eigenvalue weighted by molar-refractivity contribution is 5.80. The number of ether oxygens (including phenoxy) is 1. The minimum atomic E-state index is -0.136. The summed E-state index contributed by atoms with van der Waals surface area (Å²) in [7, 11) is 0. The quantitative estimate of drug-likeness (QED) is 0.296. The van der Waals surface area contributed by atoms with Gasteiger partial charge in [0.05, 0.1) is 23.9 Å². The third kappa shape index (κ3) is 5.50. The monoisotopic (exact) mass is 540 g/mol. The lowest BCUT2D eigenvalue weighted by atomic mass is 9.95. The van der Waals surface area contributed by atoms with Crippen molar-refractivity contribution in [2.75, 3.05) is 24.6 Å². The number of aromatic nitrogens is 4. The number of nitrogens with one attached hydrogen (secondary N) is 2. The van der Waals surface area contributed by atoms with E-state index in [9.17, 15) is 4.79 Å². The average Bonchev–Trinajstić information content (AvgIpc) is 3.34. The van der Waals surface area contributed by atoms with Crippen LogP contribution in [0.1, 0.15) is 69.2 Å². The lowest BCUT2D eigenvalue weighted by Gasteiger charge is -2.34. The van der Waals surface area contributed by atoms with Gasteiger partial charge in [0.15, 0.2) is 5.52 Å². The molecule has 2 fully saturated rings. The van der Waals surface area contributed by atoms with Gasteiger partial charge in [-0.1, -0.05) is 49.6 Å². The van der Waals surface area contributed by atoms with Crippen LogP contribution in [0.2, 0.25) is 0 Å². The van der Waals surface area contributed by atoms with Crippen LogP contribution in [0.15, 0.2) is 53.3 Å². The van der Waals surface area contributed by atoms with Crippen molar-refractivity contribution in [3.8, 4) is 17.1 Å². The number of rotatable bonds is 8. The van der Waals surface area contributed by atoms with Gasteiger partial charge in [0.2, 0.25) is 0 Å². The molecule has 1 saturated carbocycles. The Balaban J connectivity index is 1.21. The first-order chi connectivity index (χ1) is 19.6. The van der Waals surface area contributed by atoms with Crippen LogP contribution in [0.5, 0.6) is 5.75 Å². The van der Waals surface area contributed by atoms with Crippen LogP contribution in [-0.2, 0) is 6.54 Å². The van der Waals surface area contributed by atoms with Crippen molar-refractivity contribution in [1.82, 2.24) is 25.1 Å². The van der Waals surface area contributed by atoms with Gasteiger partial charge in [-0.3, -0.25) is 9.48 Å². The van der Waals surface area contributed by atoms with E-state index in [1.54, 1.807) is 0 Å². The van der Waals surface area contributed by atoms with Crippen molar-refractivity contribution in [1.29, 1.82) is 0 Å². The Bertz CT molecular complexity index is 1500. The van der Waals surface area contributed by atoms with E-state index in [1.165, 1.54) is 24.8 Å². The van der Waals surface area contributed by atoms with Crippen molar-refractivity contribution >= 4 is 16.7 Å². The lowest BCUT2D eigenvalue weighted by molar-refractivity contribution is 0.336. The Labute approximate surface area is 235 Å². The lowest BCUT2D eigenvalue weighted by Crippen LogP contribution is -2.42. The summed E-state index contributed by atoms with van der Waals surface area (Å²) in [6.07, 6.45) is 7.93. The molecule has 1 aliphatic heterocycles. The zero-order valence-electron chi connectivity index (χ0n) is 23.7. The first kappa shape index (κ1) is 26.6. The fourth-order valence-corrected chi connectivity index (χ4v) is 6.29. The smallest absolute Gasteiger partial charge is 0.277 e. The number of benzene rings is 2. The molecule has 8 heteroatoms. The molecule has 8 nitrogen and oxygen atoms in total. The summed E-state index contributed by atoms with van der Waals surface area (Å²) in [6.45, 7) is 7.34. The van der Waals surface area contributed by atoms with Gasteiger partial charge in [0, 0.05) is 37.4 Å². The molecule has 6 rings (SSSR count). The minimum absolute atomic E-state index is 0.136. The molecular formula is C32H40N6O2. The first-order valence-corrected chi connectivity index (χ1v) is 14.9. The fraction of sp³-hybridized carbons (Fsp3) is 0.469. The normalized spacial score (nSPS) is 17.0. The van der Waals surface area contributed by atoms with E-state index in [0.717, 1.165) is 68.0 Å². The number of aromatic amines is 1. The molecule has 4 aromatic rings. The SMILES string of the molecule is CCOc1cc(N2CCC(NCc3ccccc3)CC2)ccc1-c1nc2c(C)nn(C3CCCCC3)c2c(=O)[nH]1. The van der Waals surface area contributed by atoms with E-state index in [2.05, 4.69) is 57.7 Å². The number of nitrogens with zero attached hydrogens (tertiary/aromatic N) is 4. The molecule has 0 atom stereocenters. The Hall–Kier alpha value is -3.65. The number of hydrogen-bond donors (Lipinski definition) is 2. The Morgan fingerprint density at radius 1 is 1.02 bits per heavy atom. The predicted octanol–water partition coefficient (Wildman–Crippen LogP) is 5.76. The maximum absolute atomic E-state index is 13.4. The van der Waals surface area contributed by atoms with Gasteiger partial charge < -0.3 is 19.9 Å². The minimum Gasteiger partial charge on any atom is -0.493 e. The molecule has 210 valence electrons. The summed E-state index contributed by atoms with van der Waals surface area (Å²) in [5.41, 5.74) is 5.19. The molecule has 2 aromatic carbocycles. The highest BCUT2D eigenvalue weighted by Gasteiger charge is 2.24. The fourth-order valence-electron chi connectivity index (χ4n) is 6.29. The molecule has 0 bridgehead atoms. The molecule has 1 saturated heterocycles. The summed E-state index contributed by atoms with van der Waals surface area (Å²) >= 11 is 0. The van der Waals surface area contributed by atoms with Gasteiger partial charge in [-0.25, -0.2) is 4.98 Å². The molecular weight excluding hydrogens is 500 g/mol. The maximum Gasteiger partial charge on any atom is 0.277 e. The van der Waals surface area contributed by atoms with E-state index in [-0.39, 0.29) is 11.6 Å². The molecule has 2 aliphatic rings. The number of H-pyrrole nitrogens is 1. The van der Waals surface area contributed by atoms with Gasteiger partial charge in [-0.05, 0) is 57.2 Å². The van der Waals surface area contributed by atoms with Crippen LogP contribution in [0.3, 0.4) is 0 Å². The zero-order valence-corrected chi connectivity index (χ0v) is 23.7. The molecule has 1 aliphatic carbocycles. The summed E-state index contributed by atoms with van der Waals surface area (Å²) < 4.78 is 8.03. The van der Waals surface area contributed by atoms with Gasteiger partial charge >= 0.3 is 0 Å². The standard InChI is InChI=1S/C32H40N6O2/c1-3-40-28-20-26(37-18-16-24(17-19-37)33-21-23-10-6-4-7-11-23)14-15-27(28)31-34-29-22(2)36-38(30(29)32(39)35-31)25-12-8-5-9-13-25/h4,6-7,10-11,14-15,20,24-25,33H,3,5,8-9,12-13,16-19,21H2,1-2H3,(H,34,35,39). The van der Waals surface area contributed by atoms with Crippen molar-refractivity contribution in [2.24, 2.45) is 0 Å². The molecule has 0 spiro atoms. The maximum atomic E-state index is 13.4. The summed E-state index contributed by atoms with van der Waals surface area (Å²) in [4.78, 5) is 23.8. The number of anilines is 1. The Morgan fingerprint density at radius 2 is 1.80 bits per heavy atom. The van der Waals surface area contributed by atoms with Crippen LogP contribution in [0.4, 0.5) is 5.69 Å². The third-order valence-corrected chi connectivity index (χ3v) is 8.46. The number of fused-ring (bicyclic) bond motifs is 1. The van der Waals surface area contributed by atoms with Gasteiger partial charge in [-0.15, -0.1) is 0 Å². The second-order valence-corrected chi connectivity index (χ2v) is 11.2. The molecule has 40 heavy (non-hydrogen) atoms. The summed E-state index contributed by atoms with van der Waals surface area (Å²) in [5, 5.41) is 8.49. The largest absolute Gasteiger partial charge is 0.493 e. The molecule has 0 amide bonds. The van der Waals surface area contributed by atoms with Crippen LogP contribution in [0.25, 0.3) is 22.4 Å². The van der Waals surface area contributed by atoms with E-state index in [4.69, 9.17) is 14.8 Å². The Kier molecular flexibility index (Phi) is 7.86. The third-order valence-electron chi connectivity index (χ3n) is 8.46. The van der Waals surface area contributed by atoms with Crippen LogP contribution >= 0.6 is 0 Å². The van der Waals surface area contributed by atoms with Gasteiger partial charge in [-0.2, -0.15) is 5.10 Å². The first-order valence-electron chi connectivity index (χ1n) is 14.9. The van der Waals surface area contributed by atoms with E-state index in [0.29, 0.717) is 29.5 Å². The zero-order chi connectivity index (χ0) is 27.5. The van der Waals surface area contributed by atoms with Crippen molar-refractivity contribution in [3.63, 3.8) is 0 Å². The molecule has 0 unspecified atom stereocenters. The van der Waals surface area contributed by atoms with Crippen molar-refractivity contribution in [2.45, 2.75) is 77.4 Å². The molecule has 2 N–H and O–H groups in total. The van der Waals surface area contributed by atoms with Crippen LogP contribution in [-0.4, -0.2) is 45.5 Å². The van der Waals surface area contributed by atoms with Gasteiger partial charge in [0.25, 0.3) is 5.56 Å². The molecule has 3 heterocycles. The van der Waals surface area contributed by atoms with Crippen LogP contribution in [0, 0.1) is 6.92 Å². The number of aryl methyl sites for hydroxylation is 1. The predicted molar refractivity (Wildman–Crippen MR) is 160 cm³/mol.